The molecule has 3 aromatic rings. The third kappa shape index (κ3) is 3.41. The fourth-order valence-corrected chi connectivity index (χ4v) is 3.04. The van der Waals surface area contributed by atoms with E-state index in [1.165, 1.54) is 0 Å². The lowest BCUT2D eigenvalue weighted by molar-refractivity contribution is 0.0951. The average Bonchev–Trinajstić information content (AvgIpc) is 2.67. The topological polar surface area (TPSA) is 110 Å². The maximum Gasteiger partial charge on any atom is 0.273 e. The molecule has 0 radical (unpaired) electrons. The van der Waals surface area contributed by atoms with Gasteiger partial charge in [0.05, 0.1) is 18.9 Å². The largest absolute Gasteiger partial charge is 0.497 e. The molecule has 1 aromatic heterocycles. The van der Waals surface area contributed by atoms with E-state index >= 15 is 0 Å². The van der Waals surface area contributed by atoms with Crippen LogP contribution in [0.25, 0.3) is 22.0 Å². The second-order valence-electron chi connectivity index (χ2n) is 6.15. The van der Waals surface area contributed by atoms with Crippen molar-refractivity contribution in [1.29, 1.82) is 0 Å². The van der Waals surface area contributed by atoms with Gasteiger partial charge in [0.15, 0.2) is 5.69 Å². The van der Waals surface area contributed by atoms with Crippen LogP contribution in [0.2, 0.25) is 0 Å². The monoisotopic (exact) mass is 366 g/mol. The van der Waals surface area contributed by atoms with Gasteiger partial charge in [0.25, 0.3) is 5.91 Å². The zero-order valence-electron chi connectivity index (χ0n) is 15.5. The molecule has 1 amide bonds. The lowest BCUT2D eigenvalue weighted by Gasteiger charge is -2.16. The molecule has 0 saturated heterocycles. The van der Waals surface area contributed by atoms with Crippen LogP contribution in [0, 0.1) is 0 Å². The molecule has 0 fully saturated rings. The summed E-state index contributed by atoms with van der Waals surface area (Å²) < 4.78 is 5.26. The molecule has 3 rings (SSSR count). The number of hydrogen-bond acceptors (Lipinski definition) is 6. The predicted octanol–water partition coefficient (Wildman–Crippen LogP) is 2.69. The van der Waals surface area contributed by atoms with Gasteiger partial charge < -0.3 is 20.9 Å². The smallest absolute Gasteiger partial charge is 0.273 e. The Bertz CT molecular complexity index is 1000. The number of ether oxygens (including phenoxy) is 1. The van der Waals surface area contributed by atoms with Crippen molar-refractivity contribution in [2.45, 2.75) is 20.0 Å². The number of nitrogens with zero attached hydrogens (tertiary/aromatic N) is 2. The van der Waals surface area contributed by atoms with Gasteiger partial charge in [-0.3, -0.25) is 4.79 Å². The standard InChI is InChI=1S/C20H22N4O3/c1-4-22-20(26)19-17(21)15-7-5-6-14(18(15)23-24-19)13-9-8-12(27-3)10-16(13)11(2)25/h5-11,25H,4H2,1-3H3,(H2,21,23)(H,22,26). The number of nitrogens with two attached hydrogens (primary N) is 1. The number of nitrogen functional groups attached to an aromatic ring is 1. The highest BCUT2D eigenvalue weighted by atomic mass is 16.5. The number of fused-ring (bicyclic) bond motifs is 1. The highest BCUT2D eigenvalue weighted by Crippen LogP contribution is 2.36. The highest BCUT2D eigenvalue weighted by Gasteiger charge is 2.19. The number of carbonyl (C=O) groups is 1. The molecule has 0 saturated carbocycles. The van der Waals surface area contributed by atoms with Gasteiger partial charge in [-0.2, -0.15) is 0 Å². The van der Waals surface area contributed by atoms with Crippen molar-refractivity contribution in [3.63, 3.8) is 0 Å². The predicted molar refractivity (Wildman–Crippen MR) is 105 cm³/mol. The number of aromatic nitrogens is 2. The van der Waals surface area contributed by atoms with Crippen molar-refractivity contribution in [3.8, 4) is 16.9 Å². The van der Waals surface area contributed by atoms with Crippen LogP contribution >= 0.6 is 0 Å². The van der Waals surface area contributed by atoms with E-state index in [9.17, 15) is 9.90 Å². The number of aliphatic hydroxyl groups excluding tert-OH is 1. The number of hydrogen-bond donors (Lipinski definition) is 3. The molecule has 1 atom stereocenters. The Balaban J connectivity index is 2.23. The molecule has 2 aromatic carbocycles. The lowest BCUT2D eigenvalue weighted by atomic mass is 9.94. The van der Waals surface area contributed by atoms with Crippen LogP contribution in [-0.4, -0.2) is 34.9 Å². The second kappa shape index (κ2) is 7.59. The van der Waals surface area contributed by atoms with Gasteiger partial charge in [-0.25, -0.2) is 0 Å². The van der Waals surface area contributed by atoms with Crippen molar-refractivity contribution in [2.24, 2.45) is 0 Å². The first kappa shape index (κ1) is 18.6. The van der Waals surface area contributed by atoms with E-state index in [2.05, 4.69) is 15.5 Å². The van der Waals surface area contributed by atoms with Gasteiger partial charge in [-0.1, -0.05) is 24.3 Å². The Labute approximate surface area is 157 Å². The van der Waals surface area contributed by atoms with Gasteiger partial charge >= 0.3 is 0 Å². The van der Waals surface area contributed by atoms with Gasteiger partial charge in [-0.05, 0) is 37.1 Å². The number of methoxy groups -OCH3 is 1. The molecule has 0 bridgehead atoms. The first-order chi connectivity index (χ1) is 13.0. The molecule has 1 heterocycles. The van der Waals surface area contributed by atoms with Gasteiger partial charge in [0.1, 0.15) is 11.3 Å². The third-order valence-electron chi connectivity index (χ3n) is 4.38. The van der Waals surface area contributed by atoms with E-state index < -0.39 is 6.10 Å². The van der Waals surface area contributed by atoms with Gasteiger partial charge in [0, 0.05) is 17.5 Å². The maximum atomic E-state index is 12.1. The number of amides is 1. The maximum absolute atomic E-state index is 12.1. The summed E-state index contributed by atoms with van der Waals surface area (Å²) in [6.07, 6.45) is -0.703. The molecule has 140 valence electrons. The molecule has 27 heavy (non-hydrogen) atoms. The van der Waals surface area contributed by atoms with Crippen LogP contribution in [0.5, 0.6) is 5.75 Å². The Morgan fingerprint density at radius 3 is 2.70 bits per heavy atom. The molecular weight excluding hydrogens is 344 g/mol. The van der Waals surface area contributed by atoms with Crippen LogP contribution in [0.3, 0.4) is 0 Å². The first-order valence-corrected chi connectivity index (χ1v) is 8.67. The fourth-order valence-electron chi connectivity index (χ4n) is 3.04. The molecule has 0 aliphatic rings. The Kier molecular flexibility index (Phi) is 5.23. The summed E-state index contributed by atoms with van der Waals surface area (Å²) >= 11 is 0. The summed E-state index contributed by atoms with van der Waals surface area (Å²) in [5.74, 6) is 0.294. The summed E-state index contributed by atoms with van der Waals surface area (Å²) in [5, 5.41) is 21.8. The molecule has 7 nitrogen and oxygen atoms in total. The zero-order chi connectivity index (χ0) is 19.6. The van der Waals surface area contributed by atoms with E-state index in [1.807, 2.05) is 31.2 Å². The van der Waals surface area contributed by atoms with Crippen LogP contribution < -0.4 is 15.8 Å². The Morgan fingerprint density at radius 2 is 2.04 bits per heavy atom. The van der Waals surface area contributed by atoms with Crippen LogP contribution in [0.1, 0.15) is 36.0 Å². The van der Waals surface area contributed by atoms with E-state index in [1.54, 1.807) is 26.2 Å². The summed E-state index contributed by atoms with van der Waals surface area (Å²) in [7, 11) is 1.58. The first-order valence-electron chi connectivity index (χ1n) is 8.67. The van der Waals surface area contributed by atoms with Crippen molar-refractivity contribution < 1.29 is 14.6 Å². The molecule has 0 aliphatic carbocycles. The summed E-state index contributed by atoms with van der Waals surface area (Å²) in [6.45, 7) is 3.99. The number of benzene rings is 2. The van der Waals surface area contributed by atoms with Crippen molar-refractivity contribution in [2.75, 3.05) is 19.4 Å². The van der Waals surface area contributed by atoms with E-state index in [0.717, 1.165) is 11.1 Å². The molecular formula is C20H22N4O3. The molecule has 0 spiro atoms. The van der Waals surface area contributed by atoms with Crippen LogP contribution in [0.4, 0.5) is 5.69 Å². The van der Waals surface area contributed by atoms with Crippen LogP contribution in [-0.2, 0) is 0 Å². The SMILES string of the molecule is CCNC(=O)c1nnc2c(-c3ccc(OC)cc3C(C)O)cccc2c1N. The van der Waals surface area contributed by atoms with E-state index in [4.69, 9.17) is 10.5 Å². The van der Waals surface area contributed by atoms with Crippen molar-refractivity contribution in [1.82, 2.24) is 15.5 Å². The van der Waals surface area contributed by atoms with Gasteiger partial charge in [-0.15, -0.1) is 10.2 Å². The molecule has 1 unspecified atom stereocenters. The van der Waals surface area contributed by atoms with E-state index in [-0.39, 0.29) is 17.3 Å². The van der Waals surface area contributed by atoms with Crippen molar-refractivity contribution >= 4 is 22.5 Å². The molecule has 4 N–H and O–H groups in total. The number of carbonyl (C=O) groups excluding carboxylic acids is 1. The highest BCUT2D eigenvalue weighted by molar-refractivity contribution is 6.07. The molecule has 0 aliphatic heterocycles. The summed E-state index contributed by atoms with van der Waals surface area (Å²) in [5.41, 5.74) is 9.43. The fraction of sp³-hybridized carbons (Fsp3) is 0.250. The zero-order valence-corrected chi connectivity index (χ0v) is 15.5. The Morgan fingerprint density at radius 1 is 1.26 bits per heavy atom. The number of nitrogens with one attached hydrogen (secondary N) is 1. The summed E-state index contributed by atoms with van der Waals surface area (Å²) in [6, 6.07) is 11.0. The summed E-state index contributed by atoms with van der Waals surface area (Å²) in [4.78, 5) is 12.1. The normalized spacial score (nSPS) is 12.0. The minimum absolute atomic E-state index is 0.104. The number of rotatable bonds is 5. The van der Waals surface area contributed by atoms with Crippen molar-refractivity contribution in [3.05, 3.63) is 47.7 Å². The molecule has 7 heteroatoms. The lowest BCUT2D eigenvalue weighted by Crippen LogP contribution is -2.25. The third-order valence-corrected chi connectivity index (χ3v) is 4.38. The Hall–Kier alpha value is -3.19. The minimum Gasteiger partial charge on any atom is -0.497 e. The average molecular weight is 366 g/mol. The quantitative estimate of drug-likeness (QED) is 0.640. The minimum atomic E-state index is -0.703. The second-order valence-corrected chi connectivity index (χ2v) is 6.15. The number of aliphatic hydroxyl groups is 1. The van der Waals surface area contributed by atoms with Gasteiger partial charge in [0.2, 0.25) is 0 Å². The number of anilines is 1. The van der Waals surface area contributed by atoms with E-state index in [0.29, 0.717) is 28.8 Å². The van der Waals surface area contributed by atoms with Crippen LogP contribution in [0.15, 0.2) is 36.4 Å².